The number of pyridine rings is 6. The molecule has 8 fully saturated rings. The molecule has 0 amide bonds. The second-order valence-corrected chi connectivity index (χ2v) is 35.6. The lowest BCUT2D eigenvalue weighted by Gasteiger charge is -2.40. The third-order valence-electron chi connectivity index (χ3n) is 24.0. The van der Waals surface area contributed by atoms with Gasteiger partial charge in [0.15, 0.2) is 32.7 Å². The van der Waals surface area contributed by atoms with Gasteiger partial charge in [-0.25, -0.2) is 32.9 Å². The monoisotopic (exact) mass is 1570 g/mol. The number of carbonyl (C=O) groups excluding carboxylic acids is 1. The Hall–Kier alpha value is -8.90. The van der Waals surface area contributed by atoms with E-state index >= 15 is 0 Å². The van der Waals surface area contributed by atoms with Gasteiger partial charge in [0.1, 0.15) is 5.78 Å². The fourth-order valence-corrected chi connectivity index (χ4v) is 20.6. The zero-order valence-electron chi connectivity index (χ0n) is 64.7. The van der Waals surface area contributed by atoms with Crippen LogP contribution in [-0.2, 0) is 21.2 Å². The van der Waals surface area contributed by atoms with Gasteiger partial charge >= 0.3 is 0 Å². The Morgan fingerprint density at radius 2 is 0.938 bits per heavy atom. The standard InChI is InChI=1S/C25H27N5O.C23H26N6S.C19H26N4O2.C17H25N5O2S2/c1-2-12-29(13-3-1)20-9-14-30(15-10-20)25-28-24-22(31-25)16-19(17-27-24)21-8-4-6-18-7-5-11-26-23(18)21;1-2-10-27(11-3-1)19-7-12-28(13-8-19)23-26-22-21(30-23)14-18(15-24-22)17-4-5-20-6-9-25-29(20)16-17;1-14(24)11-15-12-17-18(20-13-15)21-19(25-17)23-9-5-16(6-10-23)22-7-3-2-4-8-22;1-26(23,24)20-13-11-15-16(18-12-13)19-17(25-15)22-9-5-14(6-10-22)21-7-3-2-4-8-21/h4-8,11,16-17,20H,1-3,9-10,12-15H2;4-6,9,14-16,19H,1-3,7-8,10-13H2;12-13,16H,2-11H2,1H3;11-12,14,20H,2-10H2,1H3. The number of sulfonamides is 1. The number of piperidine rings is 8. The van der Waals surface area contributed by atoms with Crippen molar-refractivity contribution in [2.45, 2.75) is 166 Å². The van der Waals surface area contributed by atoms with Gasteiger partial charge in [-0.05, 0) is 210 Å². The fourth-order valence-electron chi connectivity index (χ4n) is 18.0. The number of hydrogen-bond donors (Lipinski definition) is 1. The number of fused-ring (bicyclic) bond motifs is 6. The molecule has 1 aromatic carbocycles. The molecule has 112 heavy (non-hydrogen) atoms. The smallest absolute Gasteiger partial charge is 0.299 e. The first-order valence-electron chi connectivity index (χ1n) is 41.1. The molecule has 11 aromatic heterocycles. The second-order valence-electron chi connectivity index (χ2n) is 31.8. The van der Waals surface area contributed by atoms with Crippen molar-refractivity contribution in [3.05, 3.63) is 122 Å². The molecule has 8 aliphatic heterocycles. The van der Waals surface area contributed by atoms with Crippen molar-refractivity contribution in [3.8, 4) is 22.3 Å². The molecule has 12 aromatic rings. The number of oxazole rings is 2. The lowest BCUT2D eigenvalue weighted by Crippen LogP contribution is -2.46. The van der Waals surface area contributed by atoms with Crippen molar-refractivity contribution in [3.63, 3.8) is 0 Å². The number of likely N-dealkylation sites (tertiary alicyclic amines) is 4. The molecule has 8 saturated heterocycles. The Balaban J connectivity index is 0.000000109. The summed E-state index contributed by atoms with van der Waals surface area (Å²) >= 11 is 3.36. The van der Waals surface area contributed by atoms with Crippen LogP contribution in [0.5, 0.6) is 0 Å². The van der Waals surface area contributed by atoms with E-state index in [0.717, 1.165) is 140 Å². The highest BCUT2D eigenvalue weighted by molar-refractivity contribution is 7.92. The first-order valence-corrected chi connectivity index (χ1v) is 44.6. The summed E-state index contributed by atoms with van der Waals surface area (Å²) in [6.45, 7) is 19.9. The number of aromatic nitrogens is 11. The van der Waals surface area contributed by atoms with E-state index in [9.17, 15) is 13.2 Å². The van der Waals surface area contributed by atoms with Crippen LogP contribution in [0.25, 0.3) is 81.8 Å². The van der Waals surface area contributed by atoms with Crippen LogP contribution in [0, 0.1) is 0 Å². The highest BCUT2D eigenvalue weighted by Gasteiger charge is 2.33. The van der Waals surface area contributed by atoms with Gasteiger partial charge in [-0.2, -0.15) is 25.0 Å². The molecule has 0 aliphatic carbocycles. The summed E-state index contributed by atoms with van der Waals surface area (Å²) < 4.78 is 41.3. The van der Waals surface area contributed by atoms with E-state index in [1.54, 1.807) is 35.8 Å². The lowest BCUT2D eigenvalue weighted by molar-refractivity contribution is -0.116. The highest BCUT2D eigenvalue weighted by Crippen LogP contribution is 2.38. The quantitative estimate of drug-likeness (QED) is 0.106. The Labute approximate surface area is 663 Å². The van der Waals surface area contributed by atoms with E-state index in [4.69, 9.17) is 13.8 Å². The molecule has 0 atom stereocenters. The second kappa shape index (κ2) is 34.8. The molecule has 28 heteroatoms. The van der Waals surface area contributed by atoms with E-state index in [-0.39, 0.29) is 5.78 Å². The molecule has 0 radical (unpaired) electrons. The molecular formula is C84H104N20O5S3. The fraction of sp³-hybridized carbons (Fsp3) is 0.512. The topological polar surface area (TPSA) is 249 Å². The number of rotatable bonds is 14. The summed E-state index contributed by atoms with van der Waals surface area (Å²) in [4.78, 5) is 72.6. The number of anilines is 5. The number of nitrogens with one attached hydrogen (secondary N) is 1. The highest BCUT2D eigenvalue weighted by atomic mass is 32.2. The number of ketones is 1. The van der Waals surface area contributed by atoms with Crippen molar-refractivity contribution in [1.29, 1.82) is 0 Å². The van der Waals surface area contributed by atoms with E-state index in [1.165, 1.54) is 187 Å². The summed E-state index contributed by atoms with van der Waals surface area (Å²) in [6, 6.07) is 28.7. The van der Waals surface area contributed by atoms with Crippen molar-refractivity contribution in [2.75, 3.05) is 135 Å². The van der Waals surface area contributed by atoms with Gasteiger partial charge in [-0.3, -0.25) is 14.5 Å². The number of para-hydroxylation sites is 1. The van der Waals surface area contributed by atoms with Crippen LogP contribution >= 0.6 is 22.7 Å². The van der Waals surface area contributed by atoms with Crippen LogP contribution in [0.1, 0.15) is 141 Å². The average molecular weight is 1570 g/mol. The van der Waals surface area contributed by atoms with Crippen LogP contribution in [0.15, 0.2) is 125 Å². The minimum absolute atomic E-state index is 0.126. The molecule has 20 rings (SSSR count). The molecule has 25 nitrogen and oxygen atoms in total. The van der Waals surface area contributed by atoms with Crippen molar-refractivity contribution in [2.24, 2.45) is 0 Å². The van der Waals surface area contributed by atoms with Gasteiger partial charge in [0, 0.05) is 148 Å². The number of benzene rings is 1. The summed E-state index contributed by atoms with van der Waals surface area (Å²) in [5, 5.41) is 7.58. The minimum Gasteiger partial charge on any atom is -0.422 e. The normalized spacial score (nSPS) is 19.6. The Morgan fingerprint density at radius 3 is 1.46 bits per heavy atom. The van der Waals surface area contributed by atoms with Crippen molar-refractivity contribution < 1.29 is 22.0 Å². The molecule has 0 unspecified atom stereocenters. The third kappa shape index (κ3) is 18.2. The Kier molecular flexibility index (Phi) is 23.6. The molecular weight excluding hydrogens is 1470 g/mol. The van der Waals surface area contributed by atoms with E-state index in [0.29, 0.717) is 64.8 Å². The van der Waals surface area contributed by atoms with Gasteiger partial charge in [0.2, 0.25) is 21.3 Å². The molecule has 8 aliphatic rings. The van der Waals surface area contributed by atoms with Crippen LogP contribution in [-0.4, -0.2) is 223 Å². The van der Waals surface area contributed by atoms with Crippen LogP contribution in [0.4, 0.5) is 28.0 Å². The first-order chi connectivity index (χ1) is 54.8. The van der Waals surface area contributed by atoms with Gasteiger partial charge < -0.3 is 48.0 Å². The summed E-state index contributed by atoms with van der Waals surface area (Å²) in [6.07, 6.45) is 40.3. The maximum Gasteiger partial charge on any atom is 0.299 e. The minimum atomic E-state index is -3.30. The third-order valence-corrected chi connectivity index (χ3v) is 26.7. The van der Waals surface area contributed by atoms with Crippen molar-refractivity contribution >= 4 is 126 Å². The average Bonchev–Trinajstić information content (AvgIpc) is 1.66. The summed E-state index contributed by atoms with van der Waals surface area (Å²) in [5.74, 6) is 0.126. The maximum atomic E-state index is 11.4. The zero-order chi connectivity index (χ0) is 75.9. The number of carbonyl (C=O) groups is 1. The zero-order valence-corrected chi connectivity index (χ0v) is 67.2. The number of Topliss-reactive ketones (excluding diaryl/α,β-unsaturated/α-hetero) is 1. The molecule has 0 spiro atoms. The molecule has 19 heterocycles. The number of hydrogen-bond acceptors (Lipinski definition) is 25. The predicted octanol–water partition coefficient (Wildman–Crippen LogP) is 14.7. The SMILES string of the molecule is CC(=O)Cc1cnc2nc(N3CCC(N4CCCCC4)CC3)oc2c1.CS(=O)(=O)Nc1cnc2nc(N3CCC(N4CCCCC4)CC3)sc2c1.c1cc2ccc(-c3cnc4nc(N5CCC(N6CCCCC6)CC5)sc4c3)cn2n1.c1cnc2c(-c3cnc4nc(N5CCC(N6CCCCC6)CC5)oc4c3)cccc2c1. The first kappa shape index (κ1) is 75.8. The van der Waals surface area contributed by atoms with E-state index in [1.807, 2.05) is 59.6 Å². The van der Waals surface area contributed by atoms with Crippen molar-refractivity contribution in [1.82, 2.24) is 74.1 Å². The van der Waals surface area contributed by atoms with E-state index in [2.05, 4.69) is 138 Å². The Bertz CT molecular complexity index is 5270. The van der Waals surface area contributed by atoms with Gasteiger partial charge in [-0.15, -0.1) is 0 Å². The molecule has 0 saturated carbocycles. The van der Waals surface area contributed by atoms with Gasteiger partial charge in [0.25, 0.3) is 12.0 Å². The summed E-state index contributed by atoms with van der Waals surface area (Å²) in [5.41, 5.74) is 12.0. The molecule has 1 N–H and O–H groups in total. The van der Waals surface area contributed by atoms with Crippen LogP contribution < -0.4 is 24.3 Å². The lowest BCUT2D eigenvalue weighted by atomic mass is 10.0. The van der Waals surface area contributed by atoms with E-state index < -0.39 is 10.0 Å². The number of nitrogens with zero attached hydrogens (tertiary/aromatic N) is 19. The number of thiazole rings is 2. The summed E-state index contributed by atoms with van der Waals surface area (Å²) in [7, 11) is -3.30. The largest absolute Gasteiger partial charge is 0.422 e. The molecule has 0 bridgehead atoms. The van der Waals surface area contributed by atoms with Gasteiger partial charge in [-0.1, -0.05) is 78.7 Å². The maximum absolute atomic E-state index is 11.4. The Morgan fingerprint density at radius 1 is 0.464 bits per heavy atom. The van der Waals surface area contributed by atoms with Crippen LogP contribution in [0.3, 0.4) is 0 Å². The molecule has 588 valence electrons. The van der Waals surface area contributed by atoms with Crippen LogP contribution in [0.2, 0.25) is 0 Å². The predicted molar refractivity (Wildman–Crippen MR) is 449 cm³/mol. The van der Waals surface area contributed by atoms with Gasteiger partial charge in [0.05, 0.1) is 38.6 Å².